The molecule has 1 saturated heterocycles. The minimum atomic E-state index is -0.305. The maximum absolute atomic E-state index is 12.1. The summed E-state index contributed by atoms with van der Waals surface area (Å²) in [4.78, 5) is 25.3. The van der Waals surface area contributed by atoms with Crippen LogP contribution in [0.5, 0.6) is 5.75 Å². The van der Waals surface area contributed by atoms with Crippen LogP contribution in [0.25, 0.3) is 0 Å². The van der Waals surface area contributed by atoms with Crippen molar-refractivity contribution in [1.29, 1.82) is 0 Å². The molecule has 0 bridgehead atoms. The first-order valence-electron chi connectivity index (χ1n) is 6.68. The summed E-state index contributed by atoms with van der Waals surface area (Å²) in [7, 11) is 1.58. The summed E-state index contributed by atoms with van der Waals surface area (Å²) in [6.07, 6.45) is 0.283. The quantitative estimate of drug-likeness (QED) is 0.806. The smallest absolute Gasteiger partial charge is 0.315 e. The molecule has 1 heterocycles. The largest absolute Gasteiger partial charge is 0.497 e. The molecule has 114 valence electrons. The highest BCUT2D eigenvalue weighted by atomic mass is 35.5. The number of carbonyl (C=O) groups is 2. The summed E-state index contributed by atoms with van der Waals surface area (Å²) < 4.78 is 5.16. The summed E-state index contributed by atoms with van der Waals surface area (Å²) >= 11 is 5.50. The molecule has 1 aliphatic heterocycles. The standard InChI is InChI=1S/C14H18ClN3O3/c1-21-12-4-2-3-11(8-12)18-9-10(7-13(18)19)17-14(20)16-6-5-15/h2-4,8,10H,5-7,9H2,1H3,(H2,16,17,20)/t10-/m1/s1. The van der Waals surface area contributed by atoms with Crippen LogP contribution in [-0.2, 0) is 4.79 Å². The van der Waals surface area contributed by atoms with Crippen LogP contribution in [0.2, 0.25) is 0 Å². The third kappa shape index (κ3) is 4.01. The summed E-state index contributed by atoms with van der Waals surface area (Å²) in [6.45, 7) is 0.841. The molecule has 2 N–H and O–H groups in total. The van der Waals surface area contributed by atoms with E-state index in [1.165, 1.54) is 0 Å². The first-order valence-corrected chi connectivity index (χ1v) is 7.22. The van der Waals surface area contributed by atoms with Crippen molar-refractivity contribution in [2.75, 3.05) is 31.0 Å². The Morgan fingerprint density at radius 1 is 1.52 bits per heavy atom. The van der Waals surface area contributed by atoms with Gasteiger partial charge in [0.15, 0.2) is 0 Å². The number of anilines is 1. The number of urea groups is 1. The number of rotatable bonds is 5. The number of methoxy groups -OCH3 is 1. The van der Waals surface area contributed by atoms with Gasteiger partial charge in [0, 0.05) is 37.1 Å². The number of nitrogens with zero attached hydrogens (tertiary/aromatic N) is 1. The molecule has 0 saturated carbocycles. The van der Waals surface area contributed by atoms with E-state index in [2.05, 4.69) is 10.6 Å². The van der Waals surface area contributed by atoms with Gasteiger partial charge in [-0.05, 0) is 12.1 Å². The first-order chi connectivity index (χ1) is 10.1. The molecule has 0 unspecified atom stereocenters. The van der Waals surface area contributed by atoms with E-state index >= 15 is 0 Å². The van der Waals surface area contributed by atoms with E-state index in [1.807, 2.05) is 18.2 Å². The molecule has 2 rings (SSSR count). The molecule has 1 aromatic carbocycles. The minimum absolute atomic E-state index is 0.0223. The predicted molar refractivity (Wildman–Crippen MR) is 81.0 cm³/mol. The fraction of sp³-hybridized carbons (Fsp3) is 0.429. The highest BCUT2D eigenvalue weighted by Gasteiger charge is 2.31. The molecule has 21 heavy (non-hydrogen) atoms. The van der Waals surface area contributed by atoms with E-state index in [-0.39, 0.29) is 24.4 Å². The van der Waals surface area contributed by atoms with Crippen LogP contribution in [0.15, 0.2) is 24.3 Å². The molecule has 0 aliphatic carbocycles. The zero-order valence-electron chi connectivity index (χ0n) is 11.8. The Hall–Kier alpha value is -1.95. The van der Waals surface area contributed by atoms with Crippen LogP contribution >= 0.6 is 11.6 Å². The molecule has 1 fully saturated rings. The topological polar surface area (TPSA) is 70.7 Å². The van der Waals surface area contributed by atoms with E-state index in [4.69, 9.17) is 16.3 Å². The zero-order valence-corrected chi connectivity index (χ0v) is 12.5. The lowest BCUT2D eigenvalue weighted by Crippen LogP contribution is -2.43. The molecule has 1 aliphatic rings. The first kappa shape index (κ1) is 15.4. The number of hydrogen-bond acceptors (Lipinski definition) is 3. The van der Waals surface area contributed by atoms with Crippen LogP contribution in [0, 0.1) is 0 Å². The van der Waals surface area contributed by atoms with Crippen molar-refractivity contribution < 1.29 is 14.3 Å². The van der Waals surface area contributed by atoms with Gasteiger partial charge in [-0.2, -0.15) is 0 Å². The summed E-state index contributed by atoms with van der Waals surface area (Å²) in [6, 6.07) is 6.78. The Labute approximate surface area is 128 Å². The third-order valence-corrected chi connectivity index (χ3v) is 3.39. The molecular weight excluding hydrogens is 294 g/mol. The normalized spacial score (nSPS) is 17.7. The van der Waals surface area contributed by atoms with Crippen molar-refractivity contribution in [3.63, 3.8) is 0 Å². The summed E-state index contributed by atoms with van der Waals surface area (Å²) in [5, 5.41) is 5.39. The maximum atomic E-state index is 12.1. The van der Waals surface area contributed by atoms with Crippen molar-refractivity contribution in [3.8, 4) is 5.75 Å². The second-order valence-corrected chi connectivity index (χ2v) is 5.07. The number of halogens is 1. The van der Waals surface area contributed by atoms with Crippen molar-refractivity contribution in [3.05, 3.63) is 24.3 Å². The monoisotopic (exact) mass is 311 g/mol. The number of nitrogens with one attached hydrogen (secondary N) is 2. The van der Waals surface area contributed by atoms with Gasteiger partial charge in [0.25, 0.3) is 0 Å². The van der Waals surface area contributed by atoms with Gasteiger partial charge < -0.3 is 20.3 Å². The zero-order chi connectivity index (χ0) is 15.2. The Kier molecular flexibility index (Phi) is 5.27. The molecule has 1 atom stereocenters. The minimum Gasteiger partial charge on any atom is -0.497 e. The lowest BCUT2D eigenvalue weighted by molar-refractivity contribution is -0.117. The van der Waals surface area contributed by atoms with Crippen LogP contribution in [0.1, 0.15) is 6.42 Å². The maximum Gasteiger partial charge on any atom is 0.315 e. The van der Waals surface area contributed by atoms with Gasteiger partial charge in [-0.1, -0.05) is 6.07 Å². The molecule has 0 radical (unpaired) electrons. The number of alkyl halides is 1. The van der Waals surface area contributed by atoms with E-state index < -0.39 is 0 Å². The van der Waals surface area contributed by atoms with Gasteiger partial charge in [-0.15, -0.1) is 11.6 Å². The van der Waals surface area contributed by atoms with E-state index in [0.717, 1.165) is 5.69 Å². The van der Waals surface area contributed by atoms with Crippen LogP contribution in [0.4, 0.5) is 10.5 Å². The third-order valence-electron chi connectivity index (χ3n) is 3.21. The van der Waals surface area contributed by atoms with Gasteiger partial charge in [0.05, 0.1) is 13.2 Å². The van der Waals surface area contributed by atoms with Crippen LogP contribution in [-0.4, -0.2) is 44.1 Å². The molecule has 7 heteroatoms. The number of ether oxygens (including phenoxy) is 1. The van der Waals surface area contributed by atoms with Crippen LogP contribution in [0.3, 0.4) is 0 Å². The molecule has 3 amide bonds. The molecule has 1 aromatic rings. The highest BCUT2D eigenvalue weighted by molar-refractivity contribution is 6.18. The number of carbonyl (C=O) groups excluding carboxylic acids is 2. The number of amides is 3. The van der Waals surface area contributed by atoms with E-state index in [0.29, 0.717) is 24.7 Å². The molecule has 0 aromatic heterocycles. The Bertz CT molecular complexity index is 524. The number of hydrogen-bond donors (Lipinski definition) is 2. The average molecular weight is 312 g/mol. The molecule has 0 spiro atoms. The SMILES string of the molecule is COc1cccc(N2C[C@H](NC(=O)NCCCl)CC2=O)c1. The Morgan fingerprint density at radius 3 is 3.05 bits per heavy atom. The van der Waals surface area contributed by atoms with Gasteiger partial charge in [-0.3, -0.25) is 4.79 Å². The lowest BCUT2D eigenvalue weighted by Gasteiger charge is -2.18. The van der Waals surface area contributed by atoms with Gasteiger partial charge in [-0.25, -0.2) is 4.79 Å². The van der Waals surface area contributed by atoms with Gasteiger partial charge >= 0.3 is 6.03 Å². The fourth-order valence-electron chi connectivity index (χ4n) is 2.23. The van der Waals surface area contributed by atoms with Crippen molar-refractivity contribution in [2.24, 2.45) is 0 Å². The second-order valence-electron chi connectivity index (χ2n) is 4.70. The van der Waals surface area contributed by atoms with E-state index in [1.54, 1.807) is 18.1 Å². The number of benzene rings is 1. The molecule has 6 nitrogen and oxygen atoms in total. The Balaban J connectivity index is 1.97. The van der Waals surface area contributed by atoms with E-state index in [9.17, 15) is 9.59 Å². The Morgan fingerprint density at radius 2 is 2.33 bits per heavy atom. The highest BCUT2D eigenvalue weighted by Crippen LogP contribution is 2.25. The fourth-order valence-corrected chi connectivity index (χ4v) is 2.32. The van der Waals surface area contributed by atoms with Gasteiger partial charge in [0.1, 0.15) is 5.75 Å². The van der Waals surface area contributed by atoms with Crippen LogP contribution < -0.4 is 20.3 Å². The van der Waals surface area contributed by atoms with Gasteiger partial charge in [0.2, 0.25) is 5.91 Å². The lowest BCUT2D eigenvalue weighted by atomic mass is 10.2. The van der Waals surface area contributed by atoms with Crippen molar-refractivity contribution >= 4 is 29.2 Å². The predicted octanol–water partition coefficient (Wildman–Crippen LogP) is 1.34. The van der Waals surface area contributed by atoms with Crippen molar-refractivity contribution in [2.45, 2.75) is 12.5 Å². The molecular formula is C14H18ClN3O3. The average Bonchev–Trinajstić information content (AvgIpc) is 2.85. The summed E-state index contributed by atoms with van der Waals surface area (Å²) in [5.74, 6) is 1.02. The summed E-state index contributed by atoms with van der Waals surface area (Å²) in [5.41, 5.74) is 0.768. The second kappa shape index (κ2) is 7.17. The van der Waals surface area contributed by atoms with Crippen molar-refractivity contribution in [1.82, 2.24) is 10.6 Å².